The molecule has 1 atom stereocenters. The zero-order valence-corrected chi connectivity index (χ0v) is 12.1. The summed E-state index contributed by atoms with van der Waals surface area (Å²) in [5, 5.41) is 12.5. The van der Waals surface area contributed by atoms with E-state index in [9.17, 15) is 13.2 Å². The van der Waals surface area contributed by atoms with Gasteiger partial charge in [-0.15, -0.1) is 0 Å². The zero-order chi connectivity index (χ0) is 16.4. The molecule has 0 saturated carbocycles. The third-order valence-corrected chi connectivity index (χ3v) is 3.45. The number of halogens is 3. The van der Waals surface area contributed by atoms with E-state index < -0.39 is 18.0 Å². The van der Waals surface area contributed by atoms with Gasteiger partial charge in [-0.1, -0.05) is 12.1 Å². The zero-order valence-electron chi connectivity index (χ0n) is 12.1. The Morgan fingerprint density at radius 2 is 2.00 bits per heavy atom. The molecule has 0 spiro atoms. The van der Waals surface area contributed by atoms with Crippen LogP contribution in [0.5, 0.6) is 11.5 Å². The summed E-state index contributed by atoms with van der Waals surface area (Å²) in [4.78, 5) is 0. The van der Waals surface area contributed by atoms with Gasteiger partial charge in [0.05, 0.1) is 6.54 Å². The van der Waals surface area contributed by atoms with Crippen molar-refractivity contribution in [2.75, 3.05) is 13.2 Å². The molecule has 1 N–H and O–H groups in total. The molecule has 1 aromatic heterocycles. The fraction of sp³-hybridized carbons (Fsp3) is 0.400. The second-order valence-corrected chi connectivity index (χ2v) is 5.19. The second-order valence-electron chi connectivity index (χ2n) is 5.19. The van der Waals surface area contributed by atoms with Crippen LogP contribution in [0.4, 0.5) is 13.2 Å². The van der Waals surface area contributed by atoms with Crippen LogP contribution < -0.4 is 9.47 Å². The van der Waals surface area contributed by atoms with Crippen LogP contribution in [-0.4, -0.2) is 34.2 Å². The SMILES string of the molecule is OCCc1cn(CC2COc3ccccc3O2)nc1C(F)(F)F. The van der Waals surface area contributed by atoms with Gasteiger partial charge in [-0.3, -0.25) is 4.68 Å². The van der Waals surface area contributed by atoms with Gasteiger partial charge in [0, 0.05) is 18.4 Å². The van der Waals surface area contributed by atoms with Gasteiger partial charge >= 0.3 is 6.18 Å². The molecule has 1 aliphatic heterocycles. The van der Waals surface area contributed by atoms with Gasteiger partial charge in [0.2, 0.25) is 0 Å². The lowest BCUT2D eigenvalue weighted by Crippen LogP contribution is -2.33. The molecule has 0 fully saturated rings. The van der Waals surface area contributed by atoms with Crippen molar-refractivity contribution in [1.29, 1.82) is 0 Å². The largest absolute Gasteiger partial charge is 0.486 e. The number of hydrogen-bond donors (Lipinski definition) is 1. The van der Waals surface area contributed by atoms with Gasteiger partial charge in [0.25, 0.3) is 0 Å². The summed E-state index contributed by atoms with van der Waals surface area (Å²) in [6, 6.07) is 7.11. The van der Waals surface area contributed by atoms with Crippen LogP contribution in [0.3, 0.4) is 0 Å². The molecule has 0 saturated heterocycles. The first-order valence-electron chi connectivity index (χ1n) is 7.10. The molecule has 1 unspecified atom stereocenters. The normalized spacial score (nSPS) is 17.3. The first kappa shape index (κ1) is 15.7. The minimum absolute atomic E-state index is 0.0304. The quantitative estimate of drug-likeness (QED) is 0.935. The molecule has 2 heterocycles. The molecule has 1 aliphatic rings. The van der Waals surface area contributed by atoms with E-state index >= 15 is 0 Å². The van der Waals surface area contributed by atoms with Gasteiger partial charge < -0.3 is 14.6 Å². The van der Waals surface area contributed by atoms with Crippen molar-refractivity contribution in [2.24, 2.45) is 0 Å². The van der Waals surface area contributed by atoms with E-state index in [2.05, 4.69) is 5.10 Å². The van der Waals surface area contributed by atoms with Crippen molar-refractivity contribution in [3.63, 3.8) is 0 Å². The molecular weight excluding hydrogens is 313 g/mol. The standard InChI is InChI=1S/C15H15F3N2O3/c16-15(17,18)14-10(5-6-21)7-20(19-14)8-11-9-22-12-3-1-2-4-13(12)23-11/h1-4,7,11,21H,5-6,8-9H2. The van der Waals surface area contributed by atoms with Crippen molar-refractivity contribution >= 4 is 0 Å². The van der Waals surface area contributed by atoms with E-state index in [1.165, 1.54) is 10.9 Å². The van der Waals surface area contributed by atoms with Crippen LogP contribution in [-0.2, 0) is 19.1 Å². The minimum Gasteiger partial charge on any atom is -0.486 e. The third kappa shape index (κ3) is 3.42. The van der Waals surface area contributed by atoms with E-state index in [-0.39, 0.29) is 31.7 Å². The molecule has 8 heteroatoms. The number of benzene rings is 1. The lowest BCUT2D eigenvalue weighted by atomic mass is 10.2. The molecule has 124 valence electrons. The Labute approximate surface area is 130 Å². The van der Waals surface area contributed by atoms with E-state index in [0.717, 1.165) is 0 Å². The van der Waals surface area contributed by atoms with Crippen molar-refractivity contribution in [1.82, 2.24) is 9.78 Å². The number of aliphatic hydroxyl groups excluding tert-OH is 1. The predicted molar refractivity (Wildman–Crippen MR) is 74.4 cm³/mol. The Morgan fingerprint density at radius 3 is 2.70 bits per heavy atom. The van der Waals surface area contributed by atoms with E-state index in [1.807, 2.05) is 6.07 Å². The molecule has 23 heavy (non-hydrogen) atoms. The highest BCUT2D eigenvalue weighted by atomic mass is 19.4. The third-order valence-electron chi connectivity index (χ3n) is 3.45. The van der Waals surface area contributed by atoms with Gasteiger partial charge in [0.1, 0.15) is 6.61 Å². The highest BCUT2D eigenvalue weighted by molar-refractivity contribution is 5.40. The van der Waals surface area contributed by atoms with Crippen LogP contribution in [0, 0.1) is 0 Å². The predicted octanol–water partition coefficient (Wildman–Crippen LogP) is 2.28. The summed E-state index contributed by atoms with van der Waals surface area (Å²) in [5.41, 5.74) is -0.999. The first-order chi connectivity index (χ1) is 11.0. The van der Waals surface area contributed by atoms with Crippen molar-refractivity contribution < 1.29 is 27.8 Å². The van der Waals surface area contributed by atoms with Crippen molar-refractivity contribution in [3.05, 3.63) is 41.7 Å². The molecule has 2 aromatic rings. The Bertz CT molecular complexity index is 685. The number of nitrogens with zero attached hydrogens (tertiary/aromatic N) is 2. The second kappa shape index (κ2) is 6.11. The minimum atomic E-state index is -4.55. The topological polar surface area (TPSA) is 56.5 Å². The molecule has 0 aliphatic carbocycles. The summed E-state index contributed by atoms with van der Waals surface area (Å²) < 4.78 is 51.3. The monoisotopic (exact) mass is 328 g/mol. The highest BCUT2D eigenvalue weighted by Crippen LogP contribution is 2.33. The number of fused-ring (bicyclic) bond motifs is 1. The molecule has 1 aromatic carbocycles. The number of ether oxygens (including phenoxy) is 2. The Morgan fingerprint density at radius 1 is 1.26 bits per heavy atom. The summed E-state index contributed by atoms with van der Waals surface area (Å²) in [5.74, 6) is 1.17. The van der Waals surface area contributed by atoms with Crippen LogP contribution in [0.25, 0.3) is 0 Å². The number of aliphatic hydroxyl groups is 1. The fourth-order valence-electron chi connectivity index (χ4n) is 2.46. The van der Waals surface area contributed by atoms with Gasteiger partial charge in [-0.25, -0.2) is 0 Å². The lowest BCUT2D eigenvalue weighted by molar-refractivity contribution is -0.142. The average Bonchev–Trinajstić information content (AvgIpc) is 2.90. The van der Waals surface area contributed by atoms with Gasteiger partial charge in [-0.05, 0) is 18.6 Å². The Hall–Kier alpha value is -2.22. The average molecular weight is 328 g/mol. The number of para-hydroxylation sites is 2. The van der Waals surface area contributed by atoms with Gasteiger partial charge in [-0.2, -0.15) is 18.3 Å². The molecule has 0 radical (unpaired) electrons. The maximum atomic E-state index is 12.9. The van der Waals surface area contributed by atoms with E-state index in [1.54, 1.807) is 18.2 Å². The summed E-state index contributed by atoms with van der Waals surface area (Å²) in [6.45, 7) is -0.0123. The number of alkyl halides is 3. The van der Waals surface area contributed by atoms with E-state index in [0.29, 0.717) is 11.5 Å². The number of rotatable bonds is 4. The Kier molecular flexibility index (Phi) is 4.16. The van der Waals surface area contributed by atoms with Crippen LogP contribution in [0.15, 0.2) is 30.5 Å². The Balaban J connectivity index is 1.76. The van der Waals surface area contributed by atoms with E-state index in [4.69, 9.17) is 14.6 Å². The fourth-order valence-corrected chi connectivity index (χ4v) is 2.46. The highest BCUT2D eigenvalue weighted by Gasteiger charge is 2.37. The maximum absolute atomic E-state index is 12.9. The molecule has 0 bridgehead atoms. The lowest BCUT2D eigenvalue weighted by Gasteiger charge is -2.26. The van der Waals surface area contributed by atoms with Crippen LogP contribution in [0.1, 0.15) is 11.3 Å². The molecule has 3 rings (SSSR count). The smallest absolute Gasteiger partial charge is 0.435 e. The number of aromatic nitrogens is 2. The molecule has 5 nitrogen and oxygen atoms in total. The first-order valence-corrected chi connectivity index (χ1v) is 7.10. The van der Waals surface area contributed by atoms with Crippen molar-refractivity contribution in [3.8, 4) is 11.5 Å². The van der Waals surface area contributed by atoms with Crippen LogP contribution >= 0.6 is 0 Å². The van der Waals surface area contributed by atoms with Gasteiger partial charge in [0.15, 0.2) is 23.3 Å². The molecular formula is C15H15F3N2O3. The summed E-state index contributed by atoms with van der Waals surface area (Å²) in [6.07, 6.45) is -3.79. The summed E-state index contributed by atoms with van der Waals surface area (Å²) >= 11 is 0. The van der Waals surface area contributed by atoms with Crippen molar-refractivity contribution in [2.45, 2.75) is 25.2 Å². The number of hydrogen-bond acceptors (Lipinski definition) is 4. The molecule has 0 amide bonds. The summed E-state index contributed by atoms with van der Waals surface area (Å²) in [7, 11) is 0. The van der Waals surface area contributed by atoms with Crippen LogP contribution in [0.2, 0.25) is 0 Å². The maximum Gasteiger partial charge on any atom is 0.435 e.